The van der Waals surface area contributed by atoms with Crippen molar-refractivity contribution in [3.05, 3.63) is 54.1 Å². The van der Waals surface area contributed by atoms with Crippen LogP contribution >= 0.6 is 0 Å². The minimum atomic E-state index is -0.154. The summed E-state index contributed by atoms with van der Waals surface area (Å²) in [5.74, 6) is 0.671. The standard InChI is InChI=1S/C24H31N7O3/c1-29(2)17-10-8-16(9-11-17)13-25-20-14-32-23-21(15-33-22(20)23)31-24(26-27-28-31)34-19-7-5-6-18(12-19)30(3)4/h5-12,20-23,25H,13-15H2,1-4H3/t20-,21+,22-,23+/m1/s1. The monoisotopic (exact) mass is 465 g/mol. The van der Waals surface area contributed by atoms with E-state index in [9.17, 15) is 0 Å². The molecular formula is C24H31N7O3. The lowest BCUT2D eigenvalue weighted by molar-refractivity contribution is 0.0611. The molecule has 0 radical (unpaired) electrons. The number of anilines is 2. The second-order valence-electron chi connectivity index (χ2n) is 9.11. The predicted molar refractivity (Wildman–Crippen MR) is 129 cm³/mol. The molecule has 2 saturated heterocycles. The highest BCUT2D eigenvalue weighted by Crippen LogP contribution is 2.36. The highest BCUT2D eigenvalue weighted by Gasteiger charge is 2.49. The van der Waals surface area contributed by atoms with Gasteiger partial charge in [-0.05, 0) is 40.3 Å². The Morgan fingerprint density at radius 2 is 1.74 bits per heavy atom. The minimum absolute atomic E-state index is 0.0693. The molecular weight excluding hydrogens is 434 g/mol. The topological polar surface area (TPSA) is 89.8 Å². The van der Waals surface area contributed by atoms with Crippen molar-refractivity contribution in [2.45, 2.75) is 30.8 Å². The Bertz CT molecular complexity index is 1100. The zero-order chi connectivity index (χ0) is 23.7. The van der Waals surface area contributed by atoms with E-state index in [4.69, 9.17) is 14.2 Å². The smallest absolute Gasteiger partial charge is 0.341 e. The molecule has 4 atom stereocenters. The summed E-state index contributed by atoms with van der Waals surface area (Å²) < 4.78 is 20.0. The van der Waals surface area contributed by atoms with Crippen LogP contribution in [-0.2, 0) is 16.0 Å². The molecule has 0 amide bonds. The number of fused-ring (bicyclic) bond motifs is 1. The van der Waals surface area contributed by atoms with E-state index in [-0.39, 0.29) is 24.3 Å². The van der Waals surface area contributed by atoms with Crippen molar-refractivity contribution in [2.24, 2.45) is 0 Å². The molecule has 2 aliphatic heterocycles. The fraction of sp³-hybridized carbons (Fsp3) is 0.458. The Kier molecular flexibility index (Phi) is 6.36. The first-order valence-electron chi connectivity index (χ1n) is 11.5. The molecule has 0 saturated carbocycles. The lowest BCUT2D eigenvalue weighted by Crippen LogP contribution is -2.40. The summed E-state index contributed by atoms with van der Waals surface area (Å²) >= 11 is 0. The van der Waals surface area contributed by atoms with Crippen molar-refractivity contribution >= 4 is 11.4 Å². The zero-order valence-electron chi connectivity index (χ0n) is 20.0. The summed E-state index contributed by atoms with van der Waals surface area (Å²) in [7, 11) is 8.05. The van der Waals surface area contributed by atoms with E-state index in [1.54, 1.807) is 4.68 Å². The Morgan fingerprint density at radius 1 is 0.971 bits per heavy atom. The van der Waals surface area contributed by atoms with Gasteiger partial charge < -0.3 is 29.3 Å². The molecule has 2 aliphatic rings. The van der Waals surface area contributed by atoms with Gasteiger partial charge in [-0.1, -0.05) is 23.3 Å². The fourth-order valence-corrected chi connectivity index (χ4v) is 4.42. The van der Waals surface area contributed by atoms with Gasteiger partial charge in [0, 0.05) is 52.2 Å². The number of nitrogens with zero attached hydrogens (tertiary/aromatic N) is 6. The quantitative estimate of drug-likeness (QED) is 0.537. The number of nitrogens with one attached hydrogen (secondary N) is 1. The van der Waals surface area contributed by atoms with Crippen LogP contribution < -0.4 is 19.9 Å². The summed E-state index contributed by atoms with van der Waals surface area (Å²) in [6, 6.07) is 16.6. The third kappa shape index (κ3) is 4.56. The number of rotatable bonds is 8. The van der Waals surface area contributed by atoms with Crippen LogP contribution in [0.5, 0.6) is 11.8 Å². The Labute approximate surface area is 199 Å². The summed E-state index contributed by atoms with van der Waals surface area (Å²) in [4.78, 5) is 4.11. The Hall–Kier alpha value is -3.21. The van der Waals surface area contributed by atoms with E-state index in [1.165, 1.54) is 11.3 Å². The van der Waals surface area contributed by atoms with Crippen LogP contribution in [0.4, 0.5) is 11.4 Å². The molecule has 10 nitrogen and oxygen atoms in total. The van der Waals surface area contributed by atoms with Gasteiger partial charge in [0.25, 0.3) is 0 Å². The van der Waals surface area contributed by atoms with E-state index < -0.39 is 0 Å². The normalized spacial score (nSPS) is 23.6. The van der Waals surface area contributed by atoms with Gasteiger partial charge >= 0.3 is 6.01 Å². The number of aromatic nitrogens is 4. The van der Waals surface area contributed by atoms with E-state index in [2.05, 4.69) is 50.0 Å². The summed E-state index contributed by atoms with van der Waals surface area (Å²) in [6.45, 7) is 1.79. The third-order valence-electron chi connectivity index (χ3n) is 6.37. The fourth-order valence-electron chi connectivity index (χ4n) is 4.42. The van der Waals surface area contributed by atoms with Gasteiger partial charge in [-0.25, -0.2) is 0 Å². The number of tetrazole rings is 1. The first kappa shape index (κ1) is 22.6. The Balaban J connectivity index is 1.23. The molecule has 10 heteroatoms. The van der Waals surface area contributed by atoms with Gasteiger partial charge in [0.05, 0.1) is 19.3 Å². The van der Waals surface area contributed by atoms with E-state index in [0.717, 1.165) is 12.2 Å². The molecule has 3 heterocycles. The number of benzene rings is 2. The molecule has 0 spiro atoms. The molecule has 0 unspecified atom stereocenters. The zero-order valence-corrected chi connectivity index (χ0v) is 20.0. The van der Waals surface area contributed by atoms with Crippen LogP contribution in [0.1, 0.15) is 11.6 Å². The molecule has 0 aliphatic carbocycles. The molecule has 1 N–H and O–H groups in total. The van der Waals surface area contributed by atoms with Gasteiger partial charge in [-0.2, -0.15) is 4.68 Å². The number of ether oxygens (including phenoxy) is 3. The van der Waals surface area contributed by atoms with Crippen molar-refractivity contribution in [1.82, 2.24) is 25.5 Å². The molecule has 1 aromatic heterocycles. The second-order valence-corrected chi connectivity index (χ2v) is 9.11. The maximum Gasteiger partial charge on any atom is 0.341 e. The van der Waals surface area contributed by atoms with Gasteiger partial charge in [0.1, 0.15) is 24.0 Å². The largest absolute Gasteiger partial charge is 0.423 e. The van der Waals surface area contributed by atoms with Crippen LogP contribution in [0.15, 0.2) is 48.5 Å². The lowest BCUT2D eigenvalue weighted by Gasteiger charge is -2.19. The van der Waals surface area contributed by atoms with Gasteiger partial charge in [0.2, 0.25) is 0 Å². The van der Waals surface area contributed by atoms with Crippen molar-refractivity contribution in [3.8, 4) is 11.8 Å². The van der Waals surface area contributed by atoms with Crippen LogP contribution in [0.2, 0.25) is 0 Å². The highest BCUT2D eigenvalue weighted by molar-refractivity contribution is 5.50. The first-order chi connectivity index (χ1) is 16.5. The van der Waals surface area contributed by atoms with Crippen LogP contribution in [0, 0.1) is 0 Å². The first-order valence-corrected chi connectivity index (χ1v) is 11.5. The van der Waals surface area contributed by atoms with E-state index in [0.29, 0.717) is 25.0 Å². The average Bonchev–Trinajstić information content (AvgIpc) is 3.55. The highest BCUT2D eigenvalue weighted by atomic mass is 16.6. The van der Waals surface area contributed by atoms with Crippen LogP contribution in [-0.4, -0.2) is 79.9 Å². The van der Waals surface area contributed by atoms with Crippen molar-refractivity contribution in [1.29, 1.82) is 0 Å². The number of hydrogen-bond donors (Lipinski definition) is 1. The number of hydrogen-bond acceptors (Lipinski definition) is 9. The van der Waals surface area contributed by atoms with Gasteiger partial charge in [-0.3, -0.25) is 0 Å². The van der Waals surface area contributed by atoms with E-state index >= 15 is 0 Å². The van der Waals surface area contributed by atoms with Crippen molar-refractivity contribution in [3.63, 3.8) is 0 Å². The van der Waals surface area contributed by atoms with Crippen LogP contribution in [0.25, 0.3) is 0 Å². The molecule has 2 fully saturated rings. The molecule has 2 aromatic carbocycles. The van der Waals surface area contributed by atoms with E-state index in [1.807, 2.05) is 57.4 Å². The molecule has 180 valence electrons. The second kappa shape index (κ2) is 9.57. The summed E-state index contributed by atoms with van der Waals surface area (Å²) in [5.41, 5.74) is 3.44. The SMILES string of the molecule is CN(C)c1ccc(CN[C@@H]2CO[C@@H]3[C@@H]2OC[C@@H]3n2nnnc2Oc2cccc(N(C)C)c2)cc1. The lowest BCUT2D eigenvalue weighted by atomic mass is 10.1. The van der Waals surface area contributed by atoms with Gasteiger partial charge in [-0.15, -0.1) is 0 Å². The predicted octanol–water partition coefficient (Wildman–Crippen LogP) is 2.09. The molecule has 5 rings (SSSR count). The van der Waals surface area contributed by atoms with Crippen molar-refractivity contribution < 1.29 is 14.2 Å². The molecule has 0 bridgehead atoms. The van der Waals surface area contributed by atoms with Crippen LogP contribution in [0.3, 0.4) is 0 Å². The Morgan fingerprint density at radius 3 is 2.50 bits per heavy atom. The maximum absolute atomic E-state index is 6.15. The molecule has 34 heavy (non-hydrogen) atoms. The molecule has 3 aromatic rings. The maximum atomic E-state index is 6.15. The average molecular weight is 466 g/mol. The summed E-state index contributed by atoms with van der Waals surface area (Å²) in [6.07, 6.45) is -0.215. The third-order valence-corrected chi connectivity index (χ3v) is 6.37. The van der Waals surface area contributed by atoms with Gasteiger partial charge in [0.15, 0.2) is 0 Å². The van der Waals surface area contributed by atoms with Crippen molar-refractivity contribution in [2.75, 3.05) is 51.2 Å². The summed E-state index contributed by atoms with van der Waals surface area (Å²) in [5, 5.41) is 15.7. The minimum Gasteiger partial charge on any atom is -0.423 e.